The van der Waals surface area contributed by atoms with E-state index >= 15 is 0 Å². The minimum Gasteiger partial charge on any atom is -0.375 e. The van der Waals surface area contributed by atoms with Gasteiger partial charge in [0.2, 0.25) is 10.0 Å². The number of piperidine rings is 1. The summed E-state index contributed by atoms with van der Waals surface area (Å²) in [6.07, 6.45) is 2.94. The van der Waals surface area contributed by atoms with E-state index in [9.17, 15) is 8.42 Å². The van der Waals surface area contributed by atoms with Crippen molar-refractivity contribution < 1.29 is 13.2 Å². The Morgan fingerprint density at radius 3 is 2.50 bits per heavy atom. The third kappa shape index (κ3) is 3.66. The molecule has 5 nitrogen and oxygen atoms in total. The Hall–Kier alpha value is -0.170. The first-order chi connectivity index (χ1) is 8.39. The lowest BCUT2D eigenvalue weighted by atomic mass is 9.95. The normalized spacial score (nSPS) is 30.2. The largest absolute Gasteiger partial charge is 0.375 e. The van der Waals surface area contributed by atoms with Crippen molar-refractivity contribution in [2.24, 2.45) is 0 Å². The van der Waals surface area contributed by atoms with Gasteiger partial charge in [-0.1, -0.05) is 0 Å². The molecular weight excluding hydrogens is 252 g/mol. The van der Waals surface area contributed by atoms with Gasteiger partial charge in [0.1, 0.15) is 0 Å². The highest BCUT2D eigenvalue weighted by Crippen LogP contribution is 2.25. The van der Waals surface area contributed by atoms with Crippen LogP contribution in [0, 0.1) is 0 Å². The van der Waals surface area contributed by atoms with E-state index in [0.717, 1.165) is 25.9 Å². The Labute approximate surface area is 110 Å². The third-order valence-corrected chi connectivity index (χ3v) is 5.76. The zero-order valence-corrected chi connectivity index (χ0v) is 12.1. The van der Waals surface area contributed by atoms with Gasteiger partial charge in [-0.05, 0) is 52.6 Å². The van der Waals surface area contributed by atoms with Crippen molar-refractivity contribution >= 4 is 10.0 Å². The Kier molecular flexibility index (Phi) is 4.31. The van der Waals surface area contributed by atoms with E-state index in [1.807, 2.05) is 13.8 Å². The molecule has 106 valence electrons. The Morgan fingerprint density at radius 1 is 1.22 bits per heavy atom. The molecule has 2 rings (SSSR count). The van der Waals surface area contributed by atoms with E-state index < -0.39 is 10.0 Å². The van der Waals surface area contributed by atoms with Crippen LogP contribution in [0.15, 0.2) is 0 Å². The fraction of sp³-hybridized carbons (Fsp3) is 1.00. The number of hydrogen-bond acceptors (Lipinski definition) is 4. The van der Waals surface area contributed by atoms with E-state index in [2.05, 4.69) is 10.0 Å². The summed E-state index contributed by atoms with van der Waals surface area (Å²) in [5, 5.41) is 2.96. The van der Waals surface area contributed by atoms with Gasteiger partial charge in [-0.2, -0.15) is 0 Å². The Morgan fingerprint density at radius 2 is 1.89 bits per heavy atom. The average molecular weight is 276 g/mol. The van der Waals surface area contributed by atoms with Crippen LogP contribution in [0.3, 0.4) is 0 Å². The molecule has 0 aliphatic carbocycles. The monoisotopic (exact) mass is 276 g/mol. The van der Waals surface area contributed by atoms with Gasteiger partial charge < -0.3 is 10.1 Å². The fourth-order valence-corrected chi connectivity index (χ4v) is 4.48. The summed E-state index contributed by atoms with van der Waals surface area (Å²) in [6.45, 7) is 6.25. The van der Waals surface area contributed by atoms with Crippen molar-refractivity contribution in [2.75, 3.05) is 19.7 Å². The van der Waals surface area contributed by atoms with E-state index in [-0.39, 0.29) is 16.9 Å². The maximum absolute atomic E-state index is 12.3. The predicted molar refractivity (Wildman–Crippen MR) is 71.0 cm³/mol. The van der Waals surface area contributed by atoms with E-state index in [1.165, 1.54) is 0 Å². The molecule has 2 heterocycles. The van der Waals surface area contributed by atoms with Crippen LogP contribution in [0.4, 0.5) is 0 Å². The molecule has 2 saturated heterocycles. The molecule has 18 heavy (non-hydrogen) atoms. The Balaban J connectivity index is 1.95. The van der Waals surface area contributed by atoms with Crippen LogP contribution < -0.4 is 10.0 Å². The summed E-state index contributed by atoms with van der Waals surface area (Å²) in [5.41, 5.74) is -0.223. The van der Waals surface area contributed by atoms with Crippen molar-refractivity contribution in [1.29, 1.82) is 0 Å². The second kappa shape index (κ2) is 5.45. The van der Waals surface area contributed by atoms with Gasteiger partial charge in [-0.25, -0.2) is 13.1 Å². The van der Waals surface area contributed by atoms with Gasteiger partial charge in [0.05, 0.1) is 10.9 Å². The number of nitrogens with one attached hydrogen (secondary N) is 2. The maximum atomic E-state index is 12.3. The quantitative estimate of drug-likeness (QED) is 0.793. The van der Waals surface area contributed by atoms with Crippen LogP contribution in [0.25, 0.3) is 0 Å². The summed E-state index contributed by atoms with van der Waals surface area (Å²) in [4.78, 5) is 0. The predicted octanol–water partition coefficient (Wildman–Crippen LogP) is 0.615. The van der Waals surface area contributed by atoms with Crippen LogP contribution in [0.5, 0.6) is 0 Å². The third-order valence-electron chi connectivity index (χ3n) is 3.75. The minimum atomic E-state index is -3.18. The van der Waals surface area contributed by atoms with E-state index in [4.69, 9.17) is 4.74 Å². The number of sulfonamides is 1. The summed E-state index contributed by atoms with van der Waals surface area (Å²) in [5.74, 6) is 0. The Bertz CT molecular complexity index is 375. The van der Waals surface area contributed by atoms with Gasteiger partial charge in [0, 0.05) is 12.6 Å². The summed E-state index contributed by atoms with van der Waals surface area (Å²) >= 11 is 0. The number of rotatable bonds is 3. The topological polar surface area (TPSA) is 67.4 Å². The first-order valence-corrected chi connectivity index (χ1v) is 8.29. The second-order valence-corrected chi connectivity index (χ2v) is 7.90. The zero-order valence-electron chi connectivity index (χ0n) is 11.2. The molecule has 0 spiro atoms. The van der Waals surface area contributed by atoms with Gasteiger partial charge >= 0.3 is 0 Å². The highest BCUT2D eigenvalue weighted by molar-refractivity contribution is 7.90. The molecule has 0 aromatic rings. The van der Waals surface area contributed by atoms with Crippen molar-refractivity contribution in [1.82, 2.24) is 10.0 Å². The SMILES string of the molecule is CC1(C)CC(NS(=O)(=O)C2CCNCC2)CCO1. The molecule has 0 aromatic heterocycles. The van der Waals surface area contributed by atoms with Gasteiger partial charge in [0.25, 0.3) is 0 Å². The minimum absolute atomic E-state index is 0.0219. The molecule has 0 amide bonds. The highest BCUT2D eigenvalue weighted by atomic mass is 32.2. The van der Waals surface area contributed by atoms with Crippen molar-refractivity contribution in [2.45, 2.75) is 56.4 Å². The fourth-order valence-electron chi connectivity index (χ4n) is 2.77. The summed E-state index contributed by atoms with van der Waals surface area (Å²) in [7, 11) is -3.18. The molecule has 0 saturated carbocycles. The van der Waals surface area contributed by atoms with Gasteiger partial charge in [-0.15, -0.1) is 0 Å². The molecule has 0 radical (unpaired) electrons. The molecule has 6 heteroatoms. The smallest absolute Gasteiger partial charge is 0.214 e. The average Bonchev–Trinajstić information content (AvgIpc) is 2.28. The molecular formula is C12H24N2O3S. The van der Waals surface area contributed by atoms with E-state index in [1.54, 1.807) is 0 Å². The first kappa shape index (κ1) is 14.2. The standard InChI is InChI=1S/C12H24N2O3S/c1-12(2)9-10(5-8-17-12)14-18(15,16)11-3-6-13-7-4-11/h10-11,13-14H,3-9H2,1-2H3. The van der Waals surface area contributed by atoms with Crippen LogP contribution >= 0.6 is 0 Å². The molecule has 2 N–H and O–H groups in total. The van der Waals surface area contributed by atoms with Crippen LogP contribution in [0.1, 0.15) is 39.5 Å². The molecule has 1 atom stereocenters. The first-order valence-electron chi connectivity index (χ1n) is 6.75. The van der Waals surface area contributed by atoms with Crippen molar-refractivity contribution in [3.63, 3.8) is 0 Å². The van der Waals surface area contributed by atoms with E-state index in [0.29, 0.717) is 19.4 Å². The molecule has 2 aliphatic heterocycles. The zero-order chi connectivity index (χ0) is 13.2. The summed E-state index contributed by atoms with van der Waals surface area (Å²) < 4.78 is 33.1. The molecule has 0 aromatic carbocycles. The lowest BCUT2D eigenvalue weighted by molar-refractivity contribution is -0.0599. The van der Waals surface area contributed by atoms with Gasteiger partial charge in [-0.3, -0.25) is 0 Å². The molecule has 2 fully saturated rings. The van der Waals surface area contributed by atoms with Crippen LogP contribution in [0.2, 0.25) is 0 Å². The van der Waals surface area contributed by atoms with Crippen molar-refractivity contribution in [3.05, 3.63) is 0 Å². The molecule has 1 unspecified atom stereocenters. The number of ether oxygens (including phenoxy) is 1. The van der Waals surface area contributed by atoms with Crippen molar-refractivity contribution in [3.8, 4) is 0 Å². The maximum Gasteiger partial charge on any atom is 0.214 e. The van der Waals surface area contributed by atoms with Crippen LogP contribution in [-0.2, 0) is 14.8 Å². The highest BCUT2D eigenvalue weighted by Gasteiger charge is 2.34. The summed E-state index contributed by atoms with van der Waals surface area (Å²) in [6, 6.07) is 0.0219. The van der Waals surface area contributed by atoms with Crippen LogP contribution in [-0.4, -0.2) is 45.0 Å². The molecule has 0 bridgehead atoms. The second-order valence-electron chi connectivity index (χ2n) is 5.91. The lowest BCUT2D eigenvalue weighted by Gasteiger charge is -2.36. The lowest BCUT2D eigenvalue weighted by Crippen LogP contribution is -2.49. The van der Waals surface area contributed by atoms with Gasteiger partial charge in [0.15, 0.2) is 0 Å². The number of hydrogen-bond donors (Lipinski definition) is 2. The molecule has 2 aliphatic rings.